The van der Waals surface area contributed by atoms with Gasteiger partial charge in [-0.15, -0.1) is 0 Å². The van der Waals surface area contributed by atoms with Gasteiger partial charge in [0.2, 0.25) is 0 Å². The van der Waals surface area contributed by atoms with E-state index in [4.69, 9.17) is 17.4 Å². The number of hydrogen-bond acceptors (Lipinski definition) is 4. The summed E-state index contributed by atoms with van der Waals surface area (Å²) < 4.78 is 0. The number of hydrogen-bond donors (Lipinski definition) is 3. The molecule has 0 bridgehead atoms. The summed E-state index contributed by atoms with van der Waals surface area (Å²) in [4.78, 5) is 14.8. The van der Waals surface area contributed by atoms with Crippen molar-refractivity contribution in [3.8, 4) is 0 Å². The number of urea groups is 1. The predicted molar refractivity (Wildman–Crippen MR) is 123 cm³/mol. The fraction of sp³-hybridized carbons (Fsp3) is 0.318. The highest BCUT2D eigenvalue weighted by Gasteiger charge is 2.38. The van der Waals surface area contributed by atoms with Crippen molar-refractivity contribution < 1.29 is 4.79 Å². The highest BCUT2D eigenvalue weighted by molar-refractivity contribution is 6.30. The molecule has 1 atom stereocenters. The third-order valence-electron chi connectivity index (χ3n) is 5.55. The number of anilines is 1. The number of piperidine rings is 1. The van der Waals surface area contributed by atoms with Crippen LogP contribution in [0.3, 0.4) is 0 Å². The van der Waals surface area contributed by atoms with Crippen LogP contribution in [0.15, 0.2) is 64.8 Å². The standard InChI is InChI=1S/C22H27ClN6O/c1-25-28-20(27-24)12-14-22(17-6-3-2-4-7-17)13-5-15-29(16-22)21(30)26-19-10-8-18(23)9-11-19/h2-4,6-11H,1,5,12-16,24H2,(H,26,30)(H,27,28). The Morgan fingerprint density at radius 1 is 1.20 bits per heavy atom. The molecular formula is C22H27ClN6O. The van der Waals surface area contributed by atoms with Gasteiger partial charge in [-0.3, -0.25) is 5.43 Å². The molecule has 0 saturated carbocycles. The maximum Gasteiger partial charge on any atom is 0.321 e. The lowest BCUT2D eigenvalue weighted by molar-refractivity contribution is 0.155. The van der Waals surface area contributed by atoms with E-state index in [1.165, 1.54) is 5.56 Å². The number of halogens is 1. The van der Waals surface area contributed by atoms with Gasteiger partial charge in [-0.25, -0.2) is 4.79 Å². The molecule has 2 aromatic rings. The Bertz CT molecular complexity index is 886. The SMILES string of the molecule is C=NNC(CCC1(c2ccccc2)CCCN(C(=O)Nc2ccc(Cl)cc2)C1)=NN. The molecular weight excluding hydrogens is 400 g/mol. The van der Waals surface area contributed by atoms with Crippen LogP contribution in [0.25, 0.3) is 0 Å². The molecule has 1 fully saturated rings. The van der Waals surface area contributed by atoms with Crippen LogP contribution < -0.4 is 16.6 Å². The smallest absolute Gasteiger partial charge is 0.321 e. The Morgan fingerprint density at radius 2 is 1.93 bits per heavy atom. The normalized spacial score (nSPS) is 19.2. The predicted octanol–water partition coefficient (Wildman–Crippen LogP) is 4.16. The van der Waals surface area contributed by atoms with Crippen LogP contribution in [0.5, 0.6) is 0 Å². The van der Waals surface area contributed by atoms with Gasteiger partial charge < -0.3 is 16.1 Å². The summed E-state index contributed by atoms with van der Waals surface area (Å²) >= 11 is 5.94. The second-order valence-corrected chi connectivity index (χ2v) is 7.89. The third-order valence-corrected chi connectivity index (χ3v) is 5.80. The third kappa shape index (κ3) is 5.30. The number of nitrogens with two attached hydrogens (primary N) is 1. The van der Waals surface area contributed by atoms with Gasteiger partial charge in [0, 0.05) is 42.4 Å². The molecule has 30 heavy (non-hydrogen) atoms. The van der Waals surface area contributed by atoms with E-state index < -0.39 is 0 Å². The molecule has 0 aliphatic carbocycles. The number of nitrogens with zero attached hydrogens (tertiary/aromatic N) is 3. The fourth-order valence-corrected chi connectivity index (χ4v) is 4.14. The van der Waals surface area contributed by atoms with Crippen LogP contribution in [-0.2, 0) is 5.41 Å². The first-order valence-electron chi connectivity index (χ1n) is 9.92. The quantitative estimate of drug-likeness (QED) is 0.280. The highest BCUT2D eigenvalue weighted by Crippen LogP contribution is 2.38. The van der Waals surface area contributed by atoms with E-state index in [1.807, 2.05) is 23.1 Å². The number of amides is 2. The number of likely N-dealkylation sites (tertiary alicyclic amines) is 1. The van der Waals surface area contributed by atoms with Gasteiger partial charge in [-0.2, -0.15) is 10.2 Å². The summed E-state index contributed by atoms with van der Waals surface area (Å²) in [6, 6.07) is 17.3. The van der Waals surface area contributed by atoms with Crippen LogP contribution in [0.2, 0.25) is 5.02 Å². The van der Waals surface area contributed by atoms with Crippen LogP contribution in [-0.4, -0.2) is 36.6 Å². The minimum Gasteiger partial charge on any atom is -0.324 e. The first kappa shape index (κ1) is 21.6. The lowest BCUT2D eigenvalue weighted by atomic mass is 9.71. The summed E-state index contributed by atoms with van der Waals surface area (Å²) in [5.41, 5.74) is 4.48. The minimum absolute atomic E-state index is 0.115. The highest BCUT2D eigenvalue weighted by atomic mass is 35.5. The maximum absolute atomic E-state index is 13.0. The lowest BCUT2D eigenvalue weighted by Crippen LogP contribution is -2.50. The van der Waals surface area contributed by atoms with Crippen molar-refractivity contribution in [3.05, 3.63) is 65.2 Å². The van der Waals surface area contributed by atoms with Gasteiger partial charge in [0.1, 0.15) is 5.84 Å². The Balaban J connectivity index is 1.79. The number of carbonyl (C=O) groups excluding carboxylic acids is 1. The molecule has 4 N–H and O–H groups in total. The molecule has 2 amide bonds. The van der Waals surface area contributed by atoms with Crippen molar-refractivity contribution in [1.29, 1.82) is 0 Å². The Labute approximate surface area is 182 Å². The average Bonchev–Trinajstić information content (AvgIpc) is 2.79. The van der Waals surface area contributed by atoms with Gasteiger partial charge in [0.25, 0.3) is 0 Å². The fourth-order valence-electron chi connectivity index (χ4n) is 4.01. The minimum atomic E-state index is -0.199. The zero-order chi connectivity index (χ0) is 21.4. The Morgan fingerprint density at radius 3 is 2.60 bits per heavy atom. The maximum atomic E-state index is 13.0. The van der Waals surface area contributed by atoms with Crippen molar-refractivity contribution >= 4 is 35.9 Å². The first-order valence-corrected chi connectivity index (χ1v) is 10.3. The number of benzene rings is 2. The molecule has 1 aliphatic rings. The molecule has 3 rings (SSSR count). The van der Waals surface area contributed by atoms with E-state index in [-0.39, 0.29) is 11.4 Å². The van der Waals surface area contributed by atoms with Gasteiger partial charge in [-0.05, 0) is 49.1 Å². The van der Waals surface area contributed by atoms with E-state index >= 15 is 0 Å². The lowest BCUT2D eigenvalue weighted by Gasteiger charge is -2.43. The molecule has 0 radical (unpaired) electrons. The zero-order valence-electron chi connectivity index (χ0n) is 16.9. The van der Waals surface area contributed by atoms with E-state index in [2.05, 4.69) is 39.8 Å². The zero-order valence-corrected chi connectivity index (χ0v) is 17.6. The Kier molecular flexibility index (Phi) is 7.30. The topological polar surface area (TPSA) is 95.1 Å². The van der Waals surface area contributed by atoms with E-state index in [0.29, 0.717) is 30.4 Å². The summed E-state index contributed by atoms with van der Waals surface area (Å²) in [6.45, 7) is 4.75. The number of amidine groups is 1. The molecule has 0 aromatic heterocycles. The molecule has 1 saturated heterocycles. The van der Waals surface area contributed by atoms with Crippen LogP contribution in [0.4, 0.5) is 10.5 Å². The summed E-state index contributed by atoms with van der Waals surface area (Å²) in [6.07, 6.45) is 3.27. The van der Waals surface area contributed by atoms with Crippen molar-refractivity contribution in [2.24, 2.45) is 16.0 Å². The number of carbonyl (C=O) groups is 1. The van der Waals surface area contributed by atoms with E-state index in [0.717, 1.165) is 24.9 Å². The molecule has 2 aromatic carbocycles. The molecule has 8 heteroatoms. The summed E-state index contributed by atoms with van der Waals surface area (Å²) in [5, 5.41) is 11.0. The first-order chi connectivity index (χ1) is 14.6. The average molecular weight is 427 g/mol. The molecule has 1 unspecified atom stereocenters. The van der Waals surface area contributed by atoms with Crippen LogP contribution in [0.1, 0.15) is 31.2 Å². The number of nitrogens with one attached hydrogen (secondary N) is 2. The van der Waals surface area contributed by atoms with E-state index in [1.54, 1.807) is 24.3 Å². The van der Waals surface area contributed by atoms with Crippen molar-refractivity contribution in [1.82, 2.24) is 10.3 Å². The van der Waals surface area contributed by atoms with Crippen LogP contribution in [0, 0.1) is 0 Å². The summed E-state index contributed by atoms with van der Waals surface area (Å²) in [5.74, 6) is 6.05. The molecule has 1 heterocycles. The molecule has 7 nitrogen and oxygen atoms in total. The second kappa shape index (κ2) is 10.1. The van der Waals surface area contributed by atoms with Gasteiger partial charge in [0.15, 0.2) is 0 Å². The van der Waals surface area contributed by atoms with Crippen molar-refractivity contribution in [2.75, 3.05) is 18.4 Å². The summed E-state index contributed by atoms with van der Waals surface area (Å²) in [7, 11) is 0. The molecule has 0 spiro atoms. The van der Waals surface area contributed by atoms with Crippen LogP contribution >= 0.6 is 11.6 Å². The Hall–Kier alpha value is -3.06. The van der Waals surface area contributed by atoms with Crippen molar-refractivity contribution in [3.63, 3.8) is 0 Å². The second-order valence-electron chi connectivity index (χ2n) is 7.45. The number of hydrazone groups is 2. The van der Waals surface area contributed by atoms with Gasteiger partial charge in [-0.1, -0.05) is 41.9 Å². The molecule has 1 aliphatic heterocycles. The number of rotatable bonds is 6. The van der Waals surface area contributed by atoms with Gasteiger partial charge >= 0.3 is 6.03 Å². The van der Waals surface area contributed by atoms with Gasteiger partial charge in [0.05, 0.1) is 0 Å². The van der Waals surface area contributed by atoms with E-state index in [9.17, 15) is 4.79 Å². The van der Waals surface area contributed by atoms with Crippen molar-refractivity contribution in [2.45, 2.75) is 31.1 Å². The monoisotopic (exact) mass is 426 g/mol. The molecule has 158 valence electrons. The largest absolute Gasteiger partial charge is 0.324 e.